The second-order valence-electron chi connectivity index (χ2n) is 7.41. The van der Waals surface area contributed by atoms with Crippen molar-refractivity contribution in [1.29, 1.82) is 0 Å². The van der Waals surface area contributed by atoms with Crippen molar-refractivity contribution in [2.24, 2.45) is 5.92 Å². The SMILES string of the molecule is CC(C)n1cc([C@@H]2CN(c3ccc(C(=O)N(C)C)cn3)C[C@H]2CO)cn1. The lowest BCUT2D eigenvalue weighted by Gasteiger charge is -2.18. The van der Waals surface area contributed by atoms with Gasteiger partial charge in [0, 0.05) is 64.1 Å². The summed E-state index contributed by atoms with van der Waals surface area (Å²) in [7, 11) is 3.45. The van der Waals surface area contributed by atoms with Crippen molar-refractivity contribution >= 4 is 11.7 Å². The van der Waals surface area contributed by atoms with E-state index in [1.807, 2.05) is 23.0 Å². The number of carbonyl (C=O) groups excluding carboxylic acids is 1. The van der Waals surface area contributed by atoms with Gasteiger partial charge in [0.15, 0.2) is 0 Å². The monoisotopic (exact) mass is 357 g/mol. The summed E-state index contributed by atoms with van der Waals surface area (Å²) in [5, 5.41) is 14.3. The quantitative estimate of drug-likeness (QED) is 0.883. The third-order valence-electron chi connectivity index (χ3n) is 4.98. The van der Waals surface area contributed by atoms with Gasteiger partial charge >= 0.3 is 0 Å². The molecule has 0 bridgehead atoms. The fourth-order valence-corrected chi connectivity index (χ4v) is 3.41. The van der Waals surface area contributed by atoms with E-state index in [1.165, 1.54) is 4.90 Å². The van der Waals surface area contributed by atoms with Crippen molar-refractivity contribution in [3.05, 3.63) is 41.9 Å². The van der Waals surface area contributed by atoms with Crippen LogP contribution in [0.2, 0.25) is 0 Å². The number of pyridine rings is 1. The normalized spacial score (nSPS) is 20.0. The van der Waals surface area contributed by atoms with Crippen LogP contribution in [0.5, 0.6) is 0 Å². The number of aliphatic hydroxyl groups is 1. The van der Waals surface area contributed by atoms with Gasteiger partial charge in [0.25, 0.3) is 5.91 Å². The summed E-state index contributed by atoms with van der Waals surface area (Å²) in [4.78, 5) is 20.2. The van der Waals surface area contributed by atoms with E-state index >= 15 is 0 Å². The zero-order valence-electron chi connectivity index (χ0n) is 15.8. The maximum Gasteiger partial charge on any atom is 0.254 e. The lowest BCUT2D eigenvalue weighted by molar-refractivity contribution is 0.0827. The molecule has 0 spiro atoms. The Kier molecular flexibility index (Phi) is 5.27. The number of aromatic nitrogens is 3. The van der Waals surface area contributed by atoms with Gasteiger partial charge < -0.3 is 14.9 Å². The average Bonchev–Trinajstić information content (AvgIpc) is 3.27. The number of hydrogen-bond acceptors (Lipinski definition) is 5. The fraction of sp³-hybridized carbons (Fsp3) is 0.526. The van der Waals surface area contributed by atoms with Crippen molar-refractivity contribution in [2.45, 2.75) is 25.8 Å². The number of hydrogen-bond donors (Lipinski definition) is 1. The Hall–Kier alpha value is -2.41. The molecule has 1 saturated heterocycles. The Labute approximate surface area is 154 Å². The highest BCUT2D eigenvalue weighted by molar-refractivity contribution is 5.93. The average molecular weight is 357 g/mol. The first-order valence-electron chi connectivity index (χ1n) is 8.98. The molecule has 2 atom stereocenters. The van der Waals surface area contributed by atoms with E-state index in [0.29, 0.717) is 11.6 Å². The fourth-order valence-electron chi connectivity index (χ4n) is 3.41. The van der Waals surface area contributed by atoms with Crippen molar-refractivity contribution < 1.29 is 9.90 Å². The van der Waals surface area contributed by atoms with E-state index in [9.17, 15) is 9.90 Å². The van der Waals surface area contributed by atoms with Crippen LogP contribution in [0.3, 0.4) is 0 Å². The lowest BCUT2D eigenvalue weighted by Crippen LogP contribution is -2.23. The minimum atomic E-state index is -0.0577. The van der Waals surface area contributed by atoms with Crippen LogP contribution in [0.15, 0.2) is 30.7 Å². The summed E-state index contributed by atoms with van der Waals surface area (Å²) < 4.78 is 1.95. The van der Waals surface area contributed by atoms with E-state index in [1.54, 1.807) is 20.3 Å². The molecule has 0 aliphatic carbocycles. The molecule has 1 amide bonds. The second-order valence-corrected chi connectivity index (χ2v) is 7.41. The van der Waals surface area contributed by atoms with Crippen molar-refractivity contribution in [1.82, 2.24) is 19.7 Å². The number of rotatable bonds is 5. The van der Waals surface area contributed by atoms with Gasteiger partial charge in [0.1, 0.15) is 5.82 Å². The molecule has 0 saturated carbocycles. The van der Waals surface area contributed by atoms with Gasteiger partial charge in [-0.25, -0.2) is 4.98 Å². The predicted octanol–water partition coefficient (Wildman–Crippen LogP) is 1.77. The highest BCUT2D eigenvalue weighted by Crippen LogP contribution is 2.34. The molecule has 140 valence electrons. The van der Waals surface area contributed by atoms with Gasteiger partial charge in [-0.1, -0.05) is 0 Å². The Balaban J connectivity index is 1.76. The summed E-state index contributed by atoms with van der Waals surface area (Å²) >= 11 is 0. The molecule has 1 aliphatic heterocycles. The Morgan fingerprint density at radius 2 is 2.08 bits per heavy atom. The van der Waals surface area contributed by atoms with E-state index in [0.717, 1.165) is 24.5 Å². The van der Waals surface area contributed by atoms with Crippen LogP contribution in [-0.4, -0.2) is 64.5 Å². The molecule has 3 heterocycles. The van der Waals surface area contributed by atoms with Gasteiger partial charge in [0.05, 0.1) is 11.8 Å². The molecule has 2 aromatic rings. The third-order valence-corrected chi connectivity index (χ3v) is 4.98. The molecule has 7 nitrogen and oxygen atoms in total. The van der Waals surface area contributed by atoms with Gasteiger partial charge in [0.2, 0.25) is 0 Å². The molecule has 26 heavy (non-hydrogen) atoms. The minimum Gasteiger partial charge on any atom is -0.396 e. The Morgan fingerprint density at radius 1 is 1.31 bits per heavy atom. The molecule has 0 unspecified atom stereocenters. The van der Waals surface area contributed by atoms with E-state index in [-0.39, 0.29) is 24.3 Å². The molecule has 3 rings (SSSR count). The molecule has 1 N–H and O–H groups in total. The lowest BCUT2D eigenvalue weighted by atomic mass is 9.92. The van der Waals surface area contributed by atoms with E-state index < -0.39 is 0 Å². The molecule has 2 aromatic heterocycles. The van der Waals surface area contributed by atoms with Gasteiger partial charge in [-0.2, -0.15) is 5.10 Å². The van der Waals surface area contributed by atoms with Gasteiger partial charge in [-0.15, -0.1) is 0 Å². The zero-order chi connectivity index (χ0) is 18.8. The maximum absolute atomic E-state index is 12.0. The Bertz CT molecular complexity index is 754. The van der Waals surface area contributed by atoms with Gasteiger partial charge in [-0.05, 0) is 31.5 Å². The zero-order valence-corrected chi connectivity index (χ0v) is 15.8. The minimum absolute atomic E-state index is 0.0577. The predicted molar refractivity (Wildman–Crippen MR) is 100 cm³/mol. The maximum atomic E-state index is 12.0. The summed E-state index contributed by atoms with van der Waals surface area (Å²) in [6.45, 7) is 5.85. The van der Waals surface area contributed by atoms with E-state index in [2.05, 4.69) is 35.0 Å². The number of anilines is 1. The van der Waals surface area contributed by atoms with Crippen LogP contribution in [0.25, 0.3) is 0 Å². The standard InChI is InChI=1S/C19H27N5O2/c1-13(2)24-10-15(8-21-24)17-11-23(9-16(17)12-25)18-6-5-14(7-20-18)19(26)22(3)4/h5-8,10,13,16-17,25H,9,11-12H2,1-4H3/t16-,17-/m0/s1. The molecule has 1 aliphatic rings. The molecular formula is C19H27N5O2. The molecule has 1 fully saturated rings. The smallest absolute Gasteiger partial charge is 0.254 e. The number of aliphatic hydroxyl groups excluding tert-OH is 1. The molecule has 0 radical (unpaired) electrons. The summed E-state index contributed by atoms with van der Waals surface area (Å²) in [6, 6.07) is 4.01. The van der Waals surface area contributed by atoms with Crippen LogP contribution in [0, 0.1) is 5.92 Å². The largest absolute Gasteiger partial charge is 0.396 e. The number of carbonyl (C=O) groups is 1. The number of amides is 1. The second kappa shape index (κ2) is 7.45. The molecular weight excluding hydrogens is 330 g/mol. The Morgan fingerprint density at radius 3 is 2.62 bits per heavy atom. The first kappa shape index (κ1) is 18.4. The highest BCUT2D eigenvalue weighted by Gasteiger charge is 2.35. The first-order chi connectivity index (χ1) is 12.4. The first-order valence-corrected chi connectivity index (χ1v) is 8.98. The number of nitrogens with zero attached hydrogens (tertiary/aromatic N) is 5. The van der Waals surface area contributed by atoms with Crippen molar-refractivity contribution in [3.8, 4) is 0 Å². The highest BCUT2D eigenvalue weighted by atomic mass is 16.3. The molecule has 7 heteroatoms. The third kappa shape index (κ3) is 3.58. The van der Waals surface area contributed by atoms with Gasteiger partial charge in [-0.3, -0.25) is 9.48 Å². The van der Waals surface area contributed by atoms with Crippen LogP contribution in [0.1, 0.15) is 41.7 Å². The summed E-state index contributed by atoms with van der Waals surface area (Å²) in [6.07, 6.45) is 5.60. The van der Waals surface area contributed by atoms with Crippen LogP contribution in [-0.2, 0) is 0 Å². The van der Waals surface area contributed by atoms with Crippen molar-refractivity contribution in [3.63, 3.8) is 0 Å². The molecule has 0 aromatic carbocycles. The topological polar surface area (TPSA) is 74.5 Å². The van der Waals surface area contributed by atoms with Crippen molar-refractivity contribution in [2.75, 3.05) is 38.7 Å². The summed E-state index contributed by atoms with van der Waals surface area (Å²) in [5.41, 5.74) is 1.73. The summed E-state index contributed by atoms with van der Waals surface area (Å²) in [5.74, 6) is 1.14. The van der Waals surface area contributed by atoms with E-state index in [4.69, 9.17) is 0 Å². The van der Waals surface area contributed by atoms with Crippen LogP contribution < -0.4 is 4.90 Å². The van der Waals surface area contributed by atoms with Crippen LogP contribution in [0.4, 0.5) is 5.82 Å². The van der Waals surface area contributed by atoms with Crippen LogP contribution >= 0.6 is 0 Å².